The Labute approximate surface area is 114 Å². The van der Waals surface area contributed by atoms with Gasteiger partial charge in [0.2, 0.25) is 5.91 Å². The van der Waals surface area contributed by atoms with Gasteiger partial charge in [-0.2, -0.15) is 0 Å². The molecule has 1 aliphatic rings. The zero-order valence-electron chi connectivity index (χ0n) is 11.8. The van der Waals surface area contributed by atoms with Crippen LogP contribution in [0.3, 0.4) is 0 Å². The number of nitrogens with one attached hydrogen (secondary N) is 1. The van der Waals surface area contributed by atoms with Crippen LogP contribution in [-0.2, 0) is 11.2 Å². The molecule has 0 spiro atoms. The van der Waals surface area contributed by atoms with Crippen LogP contribution in [0.5, 0.6) is 5.75 Å². The molecule has 0 radical (unpaired) electrons. The topological polar surface area (TPSA) is 52.6 Å². The summed E-state index contributed by atoms with van der Waals surface area (Å²) in [6.45, 7) is 4.33. The van der Waals surface area contributed by atoms with E-state index in [0.717, 1.165) is 12.8 Å². The van der Waals surface area contributed by atoms with Crippen molar-refractivity contribution in [1.29, 1.82) is 0 Å². The highest BCUT2D eigenvalue weighted by Gasteiger charge is 2.27. The Morgan fingerprint density at radius 2 is 2.26 bits per heavy atom. The van der Waals surface area contributed by atoms with Crippen molar-refractivity contribution in [2.45, 2.75) is 38.8 Å². The molecule has 0 fully saturated rings. The number of carbonyl (C=O) groups excluding carboxylic acids is 1. The minimum Gasteiger partial charge on any atom is -0.508 e. The largest absolute Gasteiger partial charge is 0.508 e. The summed E-state index contributed by atoms with van der Waals surface area (Å²) < 4.78 is 0. The van der Waals surface area contributed by atoms with Gasteiger partial charge in [-0.15, -0.1) is 0 Å². The van der Waals surface area contributed by atoms with Crippen molar-refractivity contribution in [1.82, 2.24) is 10.2 Å². The quantitative estimate of drug-likeness (QED) is 0.870. The lowest BCUT2D eigenvalue weighted by molar-refractivity contribution is -0.122. The first-order valence-electron chi connectivity index (χ1n) is 6.78. The molecule has 1 amide bonds. The number of phenolic OH excluding ortho intramolecular Hbond substituents is 1. The molecule has 0 aliphatic heterocycles. The van der Waals surface area contributed by atoms with Gasteiger partial charge < -0.3 is 10.4 Å². The average Bonchev–Trinajstić information content (AvgIpc) is 2.70. The fourth-order valence-corrected chi connectivity index (χ4v) is 2.74. The van der Waals surface area contributed by atoms with Crippen molar-refractivity contribution >= 4 is 5.91 Å². The van der Waals surface area contributed by atoms with Gasteiger partial charge >= 0.3 is 0 Å². The number of rotatable bonds is 4. The van der Waals surface area contributed by atoms with E-state index in [1.54, 1.807) is 6.07 Å². The van der Waals surface area contributed by atoms with Crippen molar-refractivity contribution in [3.05, 3.63) is 29.3 Å². The molecule has 1 aromatic carbocycles. The first-order valence-corrected chi connectivity index (χ1v) is 6.78. The van der Waals surface area contributed by atoms with Gasteiger partial charge in [0.05, 0.1) is 6.54 Å². The second-order valence-corrected chi connectivity index (χ2v) is 5.57. The van der Waals surface area contributed by atoms with Crippen LogP contribution in [0.1, 0.15) is 37.4 Å². The van der Waals surface area contributed by atoms with E-state index in [4.69, 9.17) is 0 Å². The summed E-state index contributed by atoms with van der Waals surface area (Å²) in [5, 5.41) is 12.4. The van der Waals surface area contributed by atoms with Crippen molar-refractivity contribution in [3.8, 4) is 5.75 Å². The van der Waals surface area contributed by atoms with Crippen LogP contribution in [0, 0.1) is 0 Å². The lowest BCUT2D eigenvalue weighted by Gasteiger charge is -2.25. The second kappa shape index (κ2) is 5.61. The molecule has 19 heavy (non-hydrogen) atoms. The zero-order chi connectivity index (χ0) is 14.0. The summed E-state index contributed by atoms with van der Waals surface area (Å²) in [5.41, 5.74) is 2.43. The maximum Gasteiger partial charge on any atom is 0.234 e. The molecule has 4 nitrogen and oxygen atoms in total. The number of benzene rings is 1. The van der Waals surface area contributed by atoms with Crippen LogP contribution in [0.15, 0.2) is 18.2 Å². The molecule has 1 aromatic rings. The molecule has 1 unspecified atom stereocenters. The Morgan fingerprint density at radius 1 is 1.53 bits per heavy atom. The van der Waals surface area contributed by atoms with Gasteiger partial charge in [-0.25, -0.2) is 0 Å². The van der Waals surface area contributed by atoms with E-state index in [2.05, 4.69) is 10.2 Å². The number of fused-ring (bicyclic) bond motifs is 1. The molecule has 2 N–H and O–H groups in total. The van der Waals surface area contributed by atoms with E-state index < -0.39 is 0 Å². The average molecular weight is 262 g/mol. The highest BCUT2D eigenvalue weighted by molar-refractivity contribution is 5.78. The molecule has 1 aliphatic carbocycles. The van der Waals surface area contributed by atoms with Gasteiger partial charge in [0.1, 0.15) is 5.75 Å². The normalized spacial score (nSPS) is 17.8. The number of aromatic hydroxyl groups is 1. The third-order valence-electron chi connectivity index (χ3n) is 3.55. The van der Waals surface area contributed by atoms with Crippen molar-refractivity contribution in [2.75, 3.05) is 13.6 Å². The zero-order valence-corrected chi connectivity index (χ0v) is 11.8. The number of amides is 1. The maximum atomic E-state index is 11.8. The van der Waals surface area contributed by atoms with Crippen LogP contribution in [0.2, 0.25) is 0 Å². The summed E-state index contributed by atoms with van der Waals surface area (Å²) in [6.07, 6.45) is 1.97. The van der Waals surface area contributed by atoms with E-state index >= 15 is 0 Å². The number of aryl methyl sites for hydroxylation is 1. The molecule has 4 heteroatoms. The van der Waals surface area contributed by atoms with Crippen LogP contribution in [0.4, 0.5) is 0 Å². The van der Waals surface area contributed by atoms with Crippen molar-refractivity contribution in [3.63, 3.8) is 0 Å². The first-order chi connectivity index (χ1) is 8.97. The van der Waals surface area contributed by atoms with Gasteiger partial charge in [-0.1, -0.05) is 6.07 Å². The summed E-state index contributed by atoms with van der Waals surface area (Å²) in [4.78, 5) is 13.9. The number of hydrogen-bond acceptors (Lipinski definition) is 3. The molecule has 0 aromatic heterocycles. The molecule has 0 saturated heterocycles. The van der Waals surface area contributed by atoms with Gasteiger partial charge in [-0.3, -0.25) is 9.69 Å². The van der Waals surface area contributed by atoms with Gasteiger partial charge in [0.25, 0.3) is 0 Å². The van der Waals surface area contributed by atoms with Gasteiger partial charge in [0.15, 0.2) is 0 Å². The Hall–Kier alpha value is -1.55. The number of carbonyl (C=O) groups is 1. The Morgan fingerprint density at radius 3 is 2.95 bits per heavy atom. The first kappa shape index (κ1) is 13.9. The smallest absolute Gasteiger partial charge is 0.234 e. The molecule has 2 rings (SSSR count). The Bertz CT molecular complexity index is 471. The lowest BCUT2D eigenvalue weighted by atomic mass is 10.1. The second-order valence-electron chi connectivity index (χ2n) is 5.57. The van der Waals surface area contributed by atoms with Crippen molar-refractivity contribution in [2.24, 2.45) is 0 Å². The number of phenols is 1. The van der Waals surface area contributed by atoms with E-state index in [9.17, 15) is 9.90 Å². The predicted octanol–water partition coefficient (Wildman–Crippen LogP) is 1.84. The number of likely N-dealkylation sites (N-methyl/N-ethyl adjacent to an activating group) is 1. The van der Waals surface area contributed by atoms with E-state index in [1.165, 1.54) is 11.1 Å². The SMILES string of the molecule is CC(C)NC(=O)CN(C)C1CCc2cc(O)ccc21. The van der Waals surface area contributed by atoms with Gasteiger partial charge in [-0.05, 0) is 57.0 Å². The van der Waals surface area contributed by atoms with Crippen LogP contribution in [-0.4, -0.2) is 35.5 Å². The highest BCUT2D eigenvalue weighted by atomic mass is 16.3. The van der Waals surface area contributed by atoms with Crippen LogP contribution in [0.25, 0.3) is 0 Å². The molecule has 1 atom stereocenters. The fourth-order valence-electron chi connectivity index (χ4n) is 2.74. The molecular formula is C15H22N2O2. The van der Waals surface area contributed by atoms with Crippen LogP contribution < -0.4 is 5.32 Å². The highest BCUT2D eigenvalue weighted by Crippen LogP contribution is 2.36. The summed E-state index contributed by atoms with van der Waals surface area (Å²) in [6, 6.07) is 5.97. The molecular weight excluding hydrogens is 240 g/mol. The number of hydrogen-bond donors (Lipinski definition) is 2. The lowest BCUT2D eigenvalue weighted by Crippen LogP contribution is -2.39. The third kappa shape index (κ3) is 3.26. The molecule has 0 heterocycles. The summed E-state index contributed by atoms with van der Waals surface area (Å²) >= 11 is 0. The Balaban J connectivity index is 2.03. The molecule has 104 valence electrons. The summed E-state index contributed by atoms with van der Waals surface area (Å²) in [5.74, 6) is 0.379. The maximum absolute atomic E-state index is 11.8. The molecule has 0 bridgehead atoms. The van der Waals surface area contributed by atoms with E-state index in [-0.39, 0.29) is 18.0 Å². The molecule has 0 saturated carbocycles. The van der Waals surface area contributed by atoms with Crippen molar-refractivity contribution < 1.29 is 9.90 Å². The number of nitrogens with zero attached hydrogens (tertiary/aromatic N) is 1. The third-order valence-corrected chi connectivity index (χ3v) is 3.55. The standard InChI is InChI=1S/C15H22N2O2/c1-10(2)16-15(19)9-17(3)14-7-4-11-8-12(18)5-6-13(11)14/h5-6,8,10,14,18H,4,7,9H2,1-3H3,(H,16,19). The van der Waals surface area contributed by atoms with Gasteiger partial charge in [0, 0.05) is 12.1 Å². The van der Waals surface area contributed by atoms with Crippen LogP contribution >= 0.6 is 0 Å². The van der Waals surface area contributed by atoms with E-state index in [1.807, 2.05) is 33.0 Å². The fraction of sp³-hybridized carbons (Fsp3) is 0.533. The minimum absolute atomic E-state index is 0.0599. The Kier molecular flexibility index (Phi) is 4.10. The minimum atomic E-state index is 0.0599. The summed E-state index contributed by atoms with van der Waals surface area (Å²) in [7, 11) is 1.98. The predicted molar refractivity (Wildman–Crippen MR) is 75.1 cm³/mol. The monoisotopic (exact) mass is 262 g/mol. The van der Waals surface area contributed by atoms with E-state index in [0.29, 0.717) is 12.3 Å².